The second kappa shape index (κ2) is 5.64. The molecule has 5 heteroatoms. The fourth-order valence-electron chi connectivity index (χ4n) is 2.15. The lowest BCUT2D eigenvalue weighted by Gasteiger charge is -2.16. The highest BCUT2D eigenvalue weighted by Gasteiger charge is 2.09. The molecule has 0 atom stereocenters. The van der Waals surface area contributed by atoms with Gasteiger partial charge in [0.1, 0.15) is 5.01 Å². The van der Waals surface area contributed by atoms with Gasteiger partial charge in [0.05, 0.1) is 29.0 Å². The van der Waals surface area contributed by atoms with Crippen molar-refractivity contribution in [1.82, 2.24) is 19.9 Å². The number of hydrogen-bond acceptors (Lipinski definition) is 5. The summed E-state index contributed by atoms with van der Waals surface area (Å²) in [6.07, 6.45) is 1.84. The third kappa shape index (κ3) is 2.84. The van der Waals surface area contributed by atoms with Gasteiger partial charge in [-0.2, -0.15) is 0 Å². The van der Waals surface area contributed by atoms with Crippen LogP contribution < -0.4 is 0 Å². The molecule has 2 heterocycles. The van der Waals surface area contributed by atoms with E-state index in [0.29, 0.717) is 0 Å². The number of para-hydroxylation sites is 2. The van der Waals surface area contributed by atoms with E-state index in [1.54, 1.807) is 11.3 Å². The van der Waals surface area contributed by atoms with Crippen molar-refractivity contribution >= 4 is 22.4 Å². The average Bonchev–Trinajstić information content (AvgIpc) is 2.92. The number of fused-ring (bicyclic) bond motifs is 1. The summed E-state index contributed by atoms with van der Waals surface area (Å²) in [7, 11) is 2.08. The zero-order chi connectivity index (χ0) is 13.9. The van der Waals surface area contributed by atoms with E-state index in [9.17, 15) is 0 Å². The Morgan fingerprint density at radius 2 is 1.85 bits per heavy atom. The number of rotatable bonds is 4. The molecule has 0 aliphatic carbocycles. The molecule has 20 heavy (non-hydrogen) atoms. The lowest BCUT2D eigenvalue weighted by Crippen LogP contribution is -2.19. The summed E-state index contributed by atoms with van der Waals surface area (Å²) in [6.45, 7) is 3.64. The van der Waals surface area contributed by atoms with E-state index >= 15 is 0 Å². The zero-order valence-corrected chi connectivity index (χ0v) is 12.4. The summed E-state index contributed by atoms with van der Waals surface area (Å²) >= 11 is 1.68. The van der Waals surface area contributed by atoms with Crippen LogP contribution in [0.2, 0.25) is 0 Å². The molecule has 3 rings (SSSR count). The lowest BCUT2D eigenvalue weighted by atomic mass is 10.2. The van der Waals surface area contributed by atoms with Crippen LogP contribution in [0, 0.1) is 6.92 Å². The van der Waals surface area contributed by atoms with Gasteiger partial charge < -0.3 is 0 Å². The molecule has 1 aromatic carbocycles. The molecule has 0 saturated heterocycles. The molecule has 0 fully saturated rings. The summed E-state index contributed by atoms with van der Waals surface area (Å²) in [5.74, 6) is 0. The van der Waals surface area contributed by atoms with Crippen LogP contribution in [-0.2, 0) is 13.1 Å². The summed E-state index contributed by atoms with van der Waals surface area (Å²) < 4.78 is 0. The summed E-state index contributed by atoms with van der Waals surface area (Å²) in [4.78, 5) is 15.9. The predicted octanol–water partition coefficient (Wildman–Crippen LogP) is 3.03. The first-order chi connectivity index (χ1) is 9.72. The molecule has 0 unspecified atom stereocenters. The molecule has 0 aliphatic heterocycles. The molecule has 0 radical (unpaired) electrons. The Labute approximate surface area is 122 Å². The average molecular weight is 284 g/mol. The second-order valence-corrected chi connectivity index (χ2v) is 5.82. The smallest absolute Gasteiger partial charge is 0.107 e. The number of hydrogen-bond donors (Lipinski definition) is 0. The van der Waals surface area contributed by atoms with Crippen LogP contribution in [-0.4, -0.2) is 26.9 Å². The van der Waals surface area contributed by atoms with Crippen LogP contribution in [0.3, 0.4) is 0 Å². The van der Waals surface area contributed by atoms with E-state index in [0.717, 1.165) is 40.5 Å². The van der Waals surface area contributed by atoms with Gasteiger partial charge in [-0.15, -0.1) is 11.3 Å². The quantitative estimate of drug-likeness (QED) is 0.738. The Kier molecular flexibility index (Phi) is 3.71. The Balaban J connectivity index is 1.81. The summed E-state index contributed by atoms with van der Waals surface area (Å²) in [5, 5.41) is 3.13. The molecule has 0 spiro atoms. The van der Waals surface area contributed by atoms with E-state index in [4.69, 9.17) is 4.98 Å². The maximum absolute atomic E-state index is 4.72. The normalized spacial score (nSPS) is 11.3. The number of thiazole rings is 1. The highest BCUT2D eigenvalue weighted by atomic mass is 32.1. The molecule has 0 N–H and O–H groups in total. The van der Waals surface area contributed by atoms with E-state index in [2.05, 4.69) is 21.9 Å². The third-order valence-corrected chi connectivity index (χ3v) is 3.92. The van der Waals surface area contributed by atoms with Gasteiger partial charge in [0.15, 0.2) is 0 Å². The van der Waals surface area contributed by atoms with Crippen LogP contribution in [0.1, 0.15) is 16.4 Å². The number of nitrogens with zero attached hydrogens (tertiary/aromatic N) is 4. The lowest BCUT2D eigenvalue weighted by molar-refractivity contribution is 0.313. The SMILES string of the molecule is Cc1nc2ccccc2nc1CN(C)Cc1nccs1. The minimum Gasteiger partial charge on any atom is -0.294 e. The largest absolute Gasteiger partial charge is 0.294 e. The standard InChI is InChI=1S/C15H16N4S/c1-11-14(9-19(2)10-15-16-7-8-20-15)18-13-6-4-3-5-12(13)17-11/h3-8H,9-10H2,1-2H3. The second-order valence-electron chi connectivity index (χ2n) is 4.84. The summed E-state index contributed by atoms with van der Waals surface area (Å²) in [6, 6.07) is 7.99. The van der Waals surface area contributed by atoms with E-state index in [1.165, 1.54) is 0 Å². The van der Waals surface area contributed by atoms with Gasteiger partial charge in [0, 0.05) is 18.1 Å². The molecule has 0 bridgehead atoms. The Morgan fingerprint density at radius 3 is 2.55 bits per heavy atom. The molecular weight excluding hydrogens is 268 g/mol. The number of aromatic nitrogens is 3. The van der Waals surface area contributed by atoms with Gasteiger partial charge in [-0.3, -0.25) is 4.90 Å². The maximum Gasteiger partial charge on any atom is 0.107 e. The molecule has 4 nitrogen and oxygen atoms in total. The minimum atomic E-state index is 0.781. The van der Waals surface area contributed by atoms with Crippen molar-refractivity contribution in [2.75, 3.05) is 7.05 Å². The van der Waals surface area contributed by atoms with Crippen LogP contribution in [0.15, 0.2) is 35.8 Å². The third-order valence-electron chi connectivity index (χ3n) is 3.15. The Hall–Kier alpha value is -1.85. The van der Waals surface area contributed by atoms with Crippen LogP contribution in [0.4, 0.5) is 0 Å². The van der Waals surface area contributed by atoms with Gasteiger partial charge >= 0.3 is 0 Å². The Morgan fingerprint density at radius 1 is 1.10 bits per heavy atom. The van der Waals surface area contributed by atoms with E-state index in [1.807, 2.05) is 42.8 Å². The van der Waals surface area contributed by atoms with Crippen molar-refractivity contribution in [2.45, 2.75) is 20.0 Å². The molecule has 3 aromatic rings. The molecule has 2 aromatic heterocycles. The van der Waals surface area contributed by atoms with Crippen molar-refractivity contribution in [1.29, 1.82) is 0 Å². The first-order valence-electron chi connectivity index (χ1n) is 6.51. The highest BCUT2D eigenvalue weighted by Crippen LogP contribution is 2.15. The number of benzene rings is 1. The van der Waals surface area contributed by atoms with E-state index in [-0.39, 0.29) is 0 Å². The first-order valence-corrected chi connectivity index (χ1v) is 7.39. The van der Waals surface area contributed by atoms with Crippen molar-refractivity contribution < 1.29 is 0 Å². The highest BCUT2D eigenvalue weighted by molar-refractivity contribution is 7.09. The fourth-order valence-corrected chi connectivity index (χ4v) is 2.84. The van der Waals surface area contributed by atoms with Gasteiger partial charge in [0.25, 0.3) is 0 Å². The molecule has 0 amide bonds. The fraction of sp³-hybridized carbons (Fsp3) is 0.267. The van der Waals surface area contributed by atoms with Crippen molar-refractivity contribution in [3.8, 4) is 0 Å². The maximum atomic E-state index is 4.72. The minimum absolute atomic E-state index is 0.781. The van der Waals surface area contributed by atoms with E-state index < -0.39 is 0 Å². The monoisotopic (exact) mass is 284 g/mol. The van der Waals surface area contributed by atoms with Crippen LogP contribution in [0.5, 0.6) is 0 Å². The van der Waals surface area contributed by atoms with Crippen molar-refractivity contribution in [3.05, 3.63) is 52.2 Å². The van der Waals surface area contributed by atoms with Crippen molar-refractivity contribution in [2.24, 2.45) is 0 Å². The molecular formula is C15H16N4S. The van der Waals surface area contributed by atoms with Gasteiger partial charge in [-0.1, -0.05) is 12.1 Å². The molecule has 0 saturated carbocycles. The molecule has 0 aliphatic rings. The predicted molar refractivity (Wildman–Crippen MR) is 81.6 cm³/mol. The Bertz CT molecular complexity index is 709. The topological polar surface area (TPSA) is 41.9 Å². The van der Waals surface area contributed by atoms with Gasteiger partial charge in [-0.25, -0.2) is 15.0 Å². The van der Waals surface area contributed by atoms with Gasteiger partial charge in [-0.05, 0) is 26.1 Å². The zero-order valence-electron chi connectivity index (χ0n) is 11.6. The molecule has 102 valence electrons. The number of aryl methyl sites for hydroxylation is 1. The van der Waals surface area contributed by atoms with Crippen molar-refractivity contribution in [3.63, 3.8) is 0 Å². The van der Waals surface area contributed by atoms with Crippen LogP contribution in [0.25, 0.3) is 11.0 Å². The van der Waals surface area contributed by atoms with Gasteiger partial charge in [0.2, 0.25) is 0 Å². The first kappa shape index (κ1) is 13.1. The summed E-state index contributed by atoms with van der Waals surface area (Å²) in [5.41, 5.74) is 3.93. The van der Waals surface area contributed by atoms with Crippen LogP contribution >= 0.6 is 11.3 Å².